The molecule has 0 spiro atoms. The molecule has 2 rings (SSSR count). The van der Waals surface area contributed by atoms with E-state index < -0.39 is 5.82 Å². The Morgan fingerprint density at radius 3 is 2.84 bits per heavy atom. The summed E-state index contributed by atoms with van der Waals surface area (Å²) in [6.45, 7) is 2.70. The average molecular weight is 268 g/mol. The summed E-state index contributed by atoms with van der Waals surface area (Å²) in [7, 11) is 0. The van der Waals surface area contributed by atoms with E-state index in [4.69, 9.17) is 10.5 Å². The minimum atomic E-state index is -0.397. The van der Waals surface area contributed by atoms with E-state index in [1.807, 2.05) is 0 Å². The fourth-order valence-corrected chi connectivity index (χ4v) is 2.23. The molecule has 0 atom stereocenters. The molecule has 1 aromatic rings. The molecule has 1 heterocycles. The lowest BCUT2D eigenvalue weighted by Crippen LogP contribution is -2.31. The lowest BCUT2D eigenvalue weighted by Gasteiger charge is -2.26. The van der Waals surface area contributed by atoms with Gasteiger partial charge >= 0.3 is 0 Å². The molecule has 1 fully saturated rings. The van der Waals surface area contributed by atoms with Gasteiger partial charge in [-0.25, -0.2) is 14.4 Å². The molecular weight excluding hydrogens is 247 g/mol. The Morgan fingerprint density at radius 1 is 1.37 bits per heavy atom. The third-order valence-electron chi connectivity index (χ3n) is 3.43. The van der Waals surface area contributed by atoms with E-state index in [1.165, 1.54) is 6.33 Å². The highest BCUT2D eigenvalue weighted by Gasteiger charge is 2.18. The monoisotopic (exact) mass is 268 g/mol. The first-order valence-electron chi connectivity index (χ1n) is 6.75. The van der Waals surface area contributed by atoms with Crippen LogP contribution in [-0.2, 0) is 4.74 Å². The Hall–Kier alpha value is -1.27. The second kappa shape index (κ2) is 6.77. The molecule has 0 amide bonds. The highest BCUT2D eigenvalue weighted by atomic mass is 19.1. The number of nitrogens with zero attached hydrogens (tertiary/aromatic N) is 2. The molecular formula is C13H21FN4O. The van der Waals surface area contributed by atoms with E-state index >= 15 is 0 Å². The minimum Gasteiger partial charge on any atom is -0.376 e. The zero-order chi connectivity index (χ0) is 13.7. The van der Waals surface area contributed by atoms with Crippen molar-refractivity contribution in [2.24, 2.45) is 5.73 Å². The fraction of sp³-hybridized carbons (Fsp3) is 0.692. The molecule has 0 radical (unpaired) electrons. The van der Waals surface area contributed by atoms with Crippen molar-refractivity contribution in [3.8, 4) is 0 Å². The van der Waals surface area contributed by atoms with Crippen LogP contribution in [0.5, 0.6) is 0 Å². The number of nitrogens with one attached hydrogen (secondary N) is 1. The molecule has 0 aromatic carbocycles. The van der Waals surface area contributed by atoms with Gasteiger partial charge in [0.2, 0.25) is 0 Å². The van der Waals surface area contributed by atoms with Gasteiger partial charge in [-0.05, 0) is 32.6 Å². The fourth-order valence-electron chi connectivity index (χ4n) is 2.23. The molecule has 0 unspecified atom stereocenters. The number of aryl methyl sites for hydroxylation is 1. The topological polar surface area (TPSA) is 73.1 Å². The molecule has 0 bridgehead atoms. The third kappa shape index (κ3) is 4.11. The Morgan fingerprint density at radius 2 is 2.11 bits per heavy atom. The predicted octanol–water partition coefficient (Wildman–Crippen LogP) is 1.62. The number of hydrogen-bond donors (Lipinski definition) is 2. The van der Waals surface area contributed by atoms with E-state index in [1.54, 1.807) is 6.92 Å². The Kier molecular flexibility index (Phi) is 5.04. The van der Waals surface area contributed by atoms with Gasteiger partial charge in [-0.2, -0.15) is 0 Å². The Balaban J connectivity index is 1.68. The van der Waals surface area contributed by atoms with Crippen LogP contribution in [0.15, 0.2) is 6.33 Å². The zero-order valence-corrected chi connectivity index (χ0v) is 11.2. The second-order valence-electron chi connectivity index (χ2n) is 4.96. The molecule has 0 aliphatic heterocycles. The summed E-state index contributed by atoms with van der Waals surface area (Å²) in [5.74, 6) is -0.159. The van der Waals surface area contributed by atoms with Gasteiger partial charge in [0.05, 0.1) is 18.4 Å². The zero-order valence-electron chi connectivity index (χ0n) is 11.2. The molecule has 6 heteroatoms. The van der Waals surface area contributed by atoms with Crippen LogP contribution in [0.2, 0.25) is 0 Å². The van der Waals surface area contributed by atoms with Crippen molar-refractivity contribution in [3.63, 3.8) is 0 Å². The van der Waals surface area contributed by atoms with Crippen LogP contribution in [0, 0.1) is 12.7 Å². The summed E-state index contributed by atoms with van der Waals surface area (Å²) < 4.78 is 19.3. The number of rotatable bonds is 5. The van der Waals surface area contributed by atoms with Gasteiger partial charge in [-0.3, -0.25) is 0 Å². The highest BCUT2D eigenvalue weighted by molar-refractivity contribution is 5.36. The molecule has 3 N–H and O–H groups in total. The van der Waals surface area contributed by atoms with E-state index in [9.17, 15) is 4.39 Å². The van der Waals surface area contributed by atoms with Crippen LogP contribution in [0.25, 0.3) is 0 Å². The van der Waals surface area contributed by atoms with Crippen molar-refractivity contribution in [3.05, 3.63) is 17.8 Å². The van der Waals surface area contributed by atoms with Gasteiger partial charge in [0.1, 0.15) is 6.33 Å². The van der Waals surface area contributed by atoms with Crippen molar-refractivity contribution in [1.82, 2.24) is 9.97 Å². The standard InChI is InChI=1S/C13H21FN4O/c1-9-12(14)13(18-8-17-9)16-6-7-19-11-4-2-10(15)3-5-11/h8,10-11H,2-7,15H2,1H3,(H,16,17,18). The summed E-state index contributed by atoms with van der Waals surface area (Å²) in [6.07, 6.45) is 5.72. The maximum absolute atomic E-state index is 13.6. The smallest absolute Gasteiger partial charge is 0.186 e. The number of anilines is 1. The van der Waals surface area contributed by atoms with E-state index in [0.29, 0.717) is 31.0 Å². The Labute approximate surface area is 112 Å². The predicted molar refractivity (Wildman–Crippen MR) is 71.4 cm³/mol. The van der Waals surface area contributed by atoms with Crippen molar-refractivity contribution < 1.29 is 9.13 Å². The summed E-state index contributed by atoms with van der Waals surface area (Å²) >= 11 is 0. The van der Waals surface area contributed by atoms with E-state index in [2.05, 4.69) is 15.3 Å². The molecule has 1 aromatic heterocycles. The molecule has 19 heavy (non-hydrogen) atoms. The highest BCUT2D eigenvalue weighted by Crippen LogP contribution is 2.19. The van der Waals surface area contributed by atoms with Crippen molar-refractivity contribution in [2.75, 3.05) is 18.5 Å². The maximum Gasteiger partial charge on any atom is 0.186 e. The van der Waals surface area contributed by atoms with Gasteiger partial charge < -0.3 is 15.8 Å². The van der Waals surface area contributed by atoms with Gasteiger partial charge in [0.25, 0.3) is 0 Å². The van der Waals surface area contributed by atoms with Gasteiger partial charge in [-0.1, -0.05) is 0 Å². The van der Waals surface area contributed by atoms with E-state index in [0.717, 1.165) is 25.7 Å². The molecule has 1 aliphatic rings. The largest absolute Gasteiger partial charge is 0.376 e. The van der Waals surface area contributed by atoms with Crippen LogP contribution in [0.1, 0.15) is 31.4 Å². The van der Waals surface area contributed by atoms with Crippen molar-refractivity contribution in [1.29, 1.82) is 0 Å². The maximum atomic E-state index is 13.6. The van der Waals surface area contributed by atoms with E-state index in [-0.39, 0.29) is 5.82 Å². The quantitative estimate of drug-likeness (QED) is 0.794. The SMILES string of the molecule is Cc1ncnc(NCCOC2CCC(N)CC2)c1F. The first-order chi connectivity index (χ1) is 9.16. The van der Waals surface area contributed by atoms with Gasteiger partial charge in [0, 0.05) is 12.6 Å². The first-order valence-corrected chi connectivity index (χ1v) is 6.75. The number of hydrogen-bond acceptors (Lipinski definition) is 5. The average Bonchev–Trinajstić information content (AvgIpc) is 2.41. The summed E-state index contributed by atoms with van der Waals surface area (Å²) in [6, 6.07) is 0.330. The normalized spacial score (nSPS) is 23.3. The lowest BCUT2D eigenvalue weighted by atomic mass is 9.94. The van der Waals surface area contributed by atoms with Gasteiger partial charge in [-0.15, -0.1) is 0 Å². The molecule has 0 saturated heterocycles. The molecule has 1 aliphatic carbocycles. The minimum absolute atomic E-state index is 0.238. The van der Waals surface area contributed by atoms with Crippen molar-refractivity contribution >= 4 is 5.82 Å². The van der Waals surface area contributed by atoms with Crippen LogP contribution >= 0.6 is 0 Å². The number of aromatic nitrogens is 2. The molecule has 5 nitrogen and oxygen atoms in total. The summed E-state index contributed by atoms with van der Waals surface area (Å²) in [5, 5.41) is 2.93. The van der Waals surface area contributed by atoms with Gasteiger partial charge in [0.15, 0.2) is 11.6 Å². The van der Waals surface area contributed by atoms with Crippen LogP contribution < -0.4 is 11.1 Å². The van der Waals surface area contributed by atoms with Crippen LogP contribution in [-0.4, -0.2) is 35.3 Å². The van der Waals surface area contributed by atoms with Crippen molar-refractivity contribution in [2.45, 2.75) is 44.8 Å². The summed E-state index contributed by atoms with van der Waals surface area (Å²) in [4.78, 5) is 7.64. The number of halogens is 1. The Bertz CT molecular complexity index is 408. The van der Waals surface area contributed by atoms with Crippen LogP contribution in [0.3, 0.4) is 0 Å². The second-order valence-corrected chi connectivity index (χ2v) is 4.96. The summed E-state index contributed by atoms with van der Waals surface area (Å²) in [5.41, 5.74) is 6.18. The number of ether oxygens (including phenoxy) is 1. The molecule has 106 valence electrons. The third-order valence-corrected chi connectivity index (χ3v) is 3.43. The van der Waals surface area contributed by atoms with Crippen LogP contribution in [0.4, 0.5) is 10.2 Å². The first kappa shape index (κ1) is 14.1. The lowest BCUT2D eigenvalue weighted by molar-refractivity contribution is 0.0312. The number of nitrogens with two attached hydrogens (primary N) is 1. The molecule has 1 saturated carbocycles.